The zero-order chi connectivity index (χ0) is 18.8. The van der Waals surface area contributed by atoms with Gasteiger partial charge in [0.15, 0.2) is 5.69 Å². The van der Waals surface area contributed by atoms with E-state index in [1.54, 1.807) is 19.1 Å². The first kappa shape index (κ1) is 17.3. The van der Waals surface area contributed by atoms with Gasteiger partial charge in [0, 0.05) is 17.8 Å². The summed E-state index contributed by atoms with van der Waals surface area (Å²) >= 11 is 0. The van der Waals surface area contributed by atoms with Crippen LogP contribution in [0.25, 0.3) is 5.69 Å². The number of nitro benzene ring substituents is 1. The van der Waals surface area contributed by atoms with E-state index < -0.39 is 4.92 Å². The third kappa shape index (κ3) is 3.44. The Morgan fingerprint density at radius 3 is 2.46 bits per heavy atom. The van der Waals surface area contributed by atoms with Gasteiger partial charge in [-0.25, -0.2) is 4.68 Å². The fourth-order valence-electron chi connectivity index (χ4n) is 2.76. The summed E-state index contributed by atoms with van der Waals surface area (Å²) in [6, 6.07) is 11.7. The second-order valence-electron chi connectivity index (χ2n) is 6.04. The summed E-state index contributed by atoms with van der Waals surface area (Å²) in [5, 5.41) is 21.7. The molecule has 0 radical (unpaired) electrons. The summed E-state index contributed by atoms with van der Waals surface area (Å²) in [5.74, 6) is -0.385. The number of hydrogen-bond donors (Lipinski definition) is 1. The van der Waals surface area contributed by atoms with Crippen LogP contribution in [0.3, 0.4) is 0 Å². The number of amides is 1. The van der Waals surface area contributed by atoms with Crippen molar-refractivity contribution in [2.24, 2.45) is 0 Å². The number of benzene rings is 2. The normalized spacial score (nSPS) is 10.6. The van der Waals surface area contributed by atoms with Crippen LogP contribution in [-0.4, -0.2) is 25.8 Å². The molecule has 1 amide bonds. The standard InChI is InChI=1S/C18H17N5O3/c1-11-7-12(2)9-14(8-11)19-18(24)17-13(3)22(21-20-17)15-5-4-6-16(10-15)23(25)26/h4-10H,1-3H3,(H,19,24). The fraction of sp³-hybridized carbons (Fsp3) is 0.167. The third-order valence-electron chi connectivity index (χ3n) is 3.87. The Bertz CT molecular complexity index is 990. The van der Waals surface area contributed by atoms with Gasteiger partial charge in [-0.05, 0) is 50.1 Å². The predicted octanol–water partition coefficient (Wildman–Crippen LogP) is 3.35. The highest BCUT2D eigenvalue weighted by Gasteiger charge is 2.18. The minimum atomic E-state index is -0.483. The lowest BCUT2D eigenvalue weighted by atomic mass is 10.1. The van der Waals surface area contributed by atoms with E-state index in [0.29, 0.717) is 17.1 Å². The molecule has 0 spiro atoms. The summed E-state index contributed by atoms with van der Waals surface area (Å²) in [6.07, 6.45) is 0. The number of nitrogens with one attached hydrogen (secondary N) is 1. The van der Waals surface area contributed by atoms with Gasteiger partial charge in [0.1, 0.15) is 0 Å². The van der Waals surface area contributed by atoms with E-state index in [1.165, 1.54) is 16.8 Å². The highest BCUT2D eigenvalue weighted by atomic mass is 16.6. The molecule has 26 heavy (non-hydrogen) atoms. The predicted molar refractivity (Wildman–Crippen MR) is 96.6 cm³/mol. The van der Waals surface area contributed by atoms with Gasteiger partial charge in [-0.3, -0.25) is 14.9 Å². The van der Waals surface area contributed by atoms with E-state index in [0.717, 1.165) is 11.1 Å². The fourth-order valence-corrected chi connectivity index (χ4v) is 2.76. The Balaban J connectivity index is 1.90. The number of carbonyl (C=O) groups excluding carboxylic acids is 1. The molecule has 132 valence electrons. The van der Waals surface area contributed by atoms with Crippen LogP contribution in [0.5, 0.6) is 0 Å². The lowest BCUT2D eigenvalue weighted by Gasteiger charge is -2.07. The molecule has 3 aromatic rings. The van der Waals surface area contributed by atoms with Crippen LogP contribution >= 0.6 is 0 Å². The second kappa shape index (κ2) is 6.75. The lowest BCUT2D eigenvalue weighted by molar-refractivity contribution is -0.384. The SMILES string of the molecule is Cc1cc(C)cc(NC(=O)c2nnn(-c3cccc([N+](=O)[O-])c3)c2C)c1. The number of aromatic nitrogens is 3. The Kier molecular flexibility index (Phi) is 4.49. The average Bonchev–Trinajstić information content (AvgIpc) is 2.95. The Hall–Kier alpha value is -3.55. The number of rotatable bonds is 4. The molecule has 0 aliphatic heterocycles. The van der Waals surface area contributed by atoms with Gasteiger partial charge >= 0.3 is 0 Å². The largest absolute Gasteiger partial charge is 0.321 e. The quantitative estimate of drug-likeness (QED) is 0.573. The molecule has 8 heteroatoms. The van der Waals surface area contributed by atoms with Gasteiger partial charge in [-0.15, -0.1) is 5.10 Å². The number of hydrogen-bond acceptors (Lipinski definition) is 5. The maximum absolute atomic E-state index is 12.5. The first-order valence-electron chi connectivity index (χ1n) is 7.92. The summed E-state index contributed by atoms with van der Waals surface area (Å²) < 4.78 is 1.41. The van der Waals surface area contributed by atoms with Gasteiger partial charge < -0.3 is 5.32 Å². The molecular formula is C18H17N5O3. The van der Waals surface area contributed by atoms with Crippen molar-refractivity contribution in [3.8, 4) is 5.69 Å². The molecule has 3 rings (SSSR count). The van der Waals surface area contributed by atoms with E-state index in [9.17, 15) is 14.9 Å². The summed E-state index contributed by atoms with van der Waals surface area (Å²) in [6.45, 7) is 5.59. The first-order chi connectivity index (χ1) is 12.3. The van der Waals surface area contributed by atoms with Crippen molar-refractivity contribution in [1.29, 1.82) is 0 Å². The molecule has 0 bridgehead atoms. The van der Waals surface area contributed by atoms with Gasteiger partial charge in [-0.1, -0.05) is 17.3 Å². The number of nitro groups is 1. The highest BCUT2D eigenvalue weighted by molar-refractivity contribution is 6.03. The zero-order valence-electron chi connectivity index (χ0n) is 14.6. The van der Waals surface area contributed by atoms with E-state index in [2.05, 4.69) is 15.6 Å². The maximum Gasteiger partial charge on any atom is 0.278 e. The van der Waals surface area contributed by atoms with Crippen LogP contribution in [0.4, 0.5) is 11.4 Å². The van der Waals surface area contributed by atoms with Gasteiger partial charge in [0.05, 0.1) is 16.3 Å². The van der Waals surface area contributed by atoms with Gasteiger partial charge in [0.2, 0.25) is 0 Å². The highest BCUT2D eigenvalue weighted by Crippen LogP contribution is 2.19. The second-order valence-corrected chi connectivity index (χ2v) is 6.04. The summed E-state index contributed by atoms with van der Waals surface area (Å²) in [5.41, 5.74) is 3.82. The maximum atomic E-state index is 12.5. The number of carbonyl (C=O) groups is 1. The molecule has 1 heterocycles. The molecule has 0 saturated carbocycles. The molecular weight excluding hydrogens is 334 g/mol. The molecule has 0 aliphatic carbocycles. The molecule has 0 unspecified atom stereocenters. The van der Waals surface area contributed by atoms with E-state index in [1.807, 2.05) is 32.0 Å². The third-order valence-corrected chi connectivity index (χ3v) is 3.87. The molecule has 8 nitrogen and oxygen atoms in total. The van der Waals surface area contributed by atoms with Crippen molar-refractivity contribution in [3.05, 3.63) is 75.1 Å². The Morgan fingerprint density at radius 2 is 1.81 bits per heavy atom. The van der Waals surface area contributed by atoms with Crippen LogP contribution in [0.15, 0.2) is 42.5 Å². The van der Waals surface area contributed by atoms with Crippen molar-refractivity contribution >= 4 is 17.3 Å². The molecule has 0 aliphatic rings. The summed E-state index contributed by atoms with van der Waals surface area (Å²) in [4.78, 5) is 23.0. The molecule has 2 aromatic carbocycles. The zero-order valence-corrected chi connectivity index (χ0v) is 14.6. The van der Waals surface area contributed by atoms with Crippen LogP contribution in [-0.2, 0) is 0 Å². The van der Waals surface area contributed by atoms with Gasteiger partial charge in [-0.2, -0.15) is 0 Å². The molecule has 1 aromatic heterocycles. The molecule has 0 atom stereocenters. The minimum Gasteiger partial charge on any atom is -0.321 e. The van der Waals surface area contributed by atoms with Crippen LogP contribution in [0, 0.1) is 30.9 Å². The molecule has 0 saturated heterocycles. The first-order valence-corrected chi connectivity index (χ1v) is 7.92. The summed E-state index contributed by atoms with van der Waals surface area (Å²) in [7, 11) is 0. The number of aryl methyl sites for hydroxylation is 2. The van der Waals surface area contributed by atoms with Crippen LogP contribution < -0.4 is 5.32 Å². The lowest BCUT2D eigenvalue weighted by Crippen LogP contribution is -2.14. The van der Waals surface area contributed by atoms with Crippen LogP contribution in [0.2, 0.25) is 0 Å². The topological polar surface area (TPSA) is 103 Å². The van der Waals surface area contributed by atoms with Crippen molar-refractivity contribution < 1.29 is 9.72 Å². The monoisotopic (exact) mass is 351 g/mol. The molecule has 0 fully saturated rings. The van der Waals surface area contributed by atoms with Crippen molar-refractivity contribution in [2.75, 3.05) is 5.32 Å². The van der Waals surface area contributed by atoms with E-state index in [4.69, 9.17) is 0 Å². The smallest absolute Gasteiger partial charge is 0.278 e. The van der Waals surface area contributed by atoms with E-state index >= 15 is 0 Å². The minimum absolute atomic E-state index is 0.0568. The number of anilines is 1. The molecule has 1 N–H and O–H groups in total. The Morgan fingerprint density at radius 1 is 1.12 bits per heavy atom. The average molecular weight is 351 g/mol. The van der Waals surface area contributed by atoms with Gasteiger partial charge in [0.25, 0.3) is 11.6 Å². The van der Waals surface area contributed by atoms with E-state index in [-0.39, 0.29) is 17.3 Å². The van der Waals surface area contributed by atoms with Crippen molar-refractivity contribution in [2.45, 2.75) is 20.8 Å². The van der Waals surface area contributed by atoms with Crippen LogP contribution in [0.1, 0.15) is 27.3 Å². The van der Waals surface area contributed by atoms with Crippen molar-refractivity contribution in [1.82, 2.24) is 15.0 Å². The van der Waals surface area contributed by atoms with Crippen molar-refractivity contribution in [3.63, 3.8) is 0 Å². The number of nitrogens with zero attached hydrogens (tertiary/aromatic N) is 4. The number of non-ortho nitro benzene ring substituents is 1. The Labute approximate surface area is 149 Å².